The zero-order chi connectivity index (χ0) is 24.5. The summed E-state index contributed by atoms with van der Waals surface area (Å²) in [4.78, 5) is 5.25. The number of rotatable bonds is 8. The molecule has 2 fully saturated rings. The van der Waals surface area contributed by atoms with Crippen LogP contribution in [0.15, 0.2) is 83.8 Å². The van der Waals surface area contributed by atoms with E-state index in [1.54, 1.807) is 23.7 Å². The van der Waals surface area contributed by atoms with Crippen LogP contribution < -0.4 is 9.62 Å². The Balaban J connectivity index is 0.993. The zero-order valence-corrected chi connectivity index (χ0v) is 21.7. The largest absolute Gasteiger partial charge is 0.353 e. The first kappa shape index (κ1) is 23.6. The highest BCUT2D eigenvalue weighted by Crippen LogP contribution is 2.39. The van der Waals surface area contributed by atoms with Gasteiger partial charge in [0.2, 0.25) is 10.0 Å². The standard InChI is InChI=1S/C28H30N4O2S2/c33-36(34,25-10-6-9-22(18-25)21-7-2-1-3-8-21)29-19-23-17-24(23)20-31-13-15-32(16-14-31)28-26-11-4-5-12-27(26)35-30-28/h1-12,18,23-24,29H,13-17,19-20H2/t23-,24-/m1/s1. The van der Waals surface area contributed by atoms with Gasteiger partial charge in [0.1, 0.15) is 5.82 Å². The highest BCUT2D eigenvalue weighted by Gasteiger charge is 2.39. The van der Waals surface area contributed by atoms with Gasteiger partial charge in [-0.05, 0) is 65.2 Å². The molecule has 1 aromatic heterocycles. The molecule has 6 nitrogen and oxygen atoms in total. The van der Waals surface area contributed by atoms with Crippen molar-refractivity contribution in [1.82, 2.24) is 14.0 Å². The van der Waals surface area contributed by atoms with E-state index in [2.05, 4.69) is 38.8 Å². The Morgan fingerprint density at radius 1 is 0.861 bits per heavy atom. The Kier molecular flexibility index (Phi) is 6.52. The summed E-state index contributed by atoms with van der Waals surface area (Å²) in [7, 11) is -3.53. The van der Waals surface area contributed by atoms with E-state index in [1.807, 2.05) is 42.5 Å². The van der Waals surface area contributed by atoms with E-state index in [0.717, 1.165) is 56.1 Å². The van der Waals surface area contributed by atoms with Crippen molar-refractivity contribution in [3.8, 4) is 11.1 Å². The van der Waals surface area contributed by atoms with Gasteiger partial charge in [-0.1, -0.05) is 54.6 Å². The van der Waals surface area contributed by atoms with Crippen molar-refractivity contribution in [2.75, 3.05) is 44.2 Å². The number of nitrogens with zero attached hydrogens (tertiary/aromatic N) is 3. The molecule has 0 bridgehead atoms. The van der Waals surface area contributed by atoms with E-state index in [4.69, 9.17) is 4.37 Å². The zero-order valence-electron chi connectivity index (χ0n) is 20.1. The molecule has 8 heteroatoms. The van der Waals surface area contributed by atoms with Crippen LogP contribution in [0.3, 0.4) is 0 Å². The Morgan fingerprint density at radius 3 is 2.44 bits per heavy atom. The van der Waals surface area contributed by atoms with Crippen molar-refractivity contribution in [2.24, 2.45) is 11.8 Å². The Labute approximate surface area is 216 Å². The van der Waals surface area contributed by atoms with E-state index in [0.29, 0.717) is 23.3 Å². The van der Waals surface area contributed by atoms with Gasteiger partial charge >= 0.3 is 0 Å². The number of anilines is 1. The topological polar surface area (TPSA) is 65.5 Å². The third kappa shape index (κ3) is 5.04. The van der Waals surface area contributed by atoms with Crippen molar-refractivity contribution >= 4 is 37.5 Å². The highest BCUT2D eigenvalue weighted by molar-refractivity contribution is 7.89. The van der Waals surface area contributed by atoms with E-state index in [-0.39, 0.29) is 0 Å². The number of aromatic nitrogens is 1. The SMILES string of the molecule is O=S(=O)(NC[C@H]1C[C@@H]1CN1CCN(c2nsc3ccccc23)CC1)c1cccc(-c2ccccc2)c1. The second-order valence-electron chi connectivity index (χ2n) is 9.79. The maximum absolute atomic E-state index is 13.0. The number of piperazine rings is 1. The van der Waals surface area contributed by atoms with Crippen molar-refractivity contribution in [3.63, 3.8) is 0 Å². The number of hydrogen-bond acceptors (Lipinski definition) is 6. The van der Waals surface area contributed by atoms with Crippen LogP contribution in [-0.4, -0.2) is 57.0 Å². The number of nitrogens with one attached hydrogen (secondary N) is 1. The number of hydrogen-bond donors (Lipinski definition) is 1. The summed E-state index contributed by atoms with van der Waals surface area (Å²) in [5, 5.41) is 1.25. The second-order valence-corrected chi connectivity index (χ2v) is 12.4. The van der Waals surface area contributed by atoms with Crippen LogP contribution in [0, 0.1) is 11.8 Å². The third-order valence-electron chi connectivity index (χ3n) is 7.38. The molecular formula is C28H30N4O2S2. The first-order chi connectivity index (χ1) is 17.6. The van der Waals surface area contributed by atoms with Crippen LogP contribution in [-0.2, 0) is 10.0 Å². The van der Waals surface area contributed by atoms with Gasteiger partial charge < -0.3 is 4.90 Å². The lowest BCUT2D eigenvalue weighted by Crippen LogP contribution is -2.47. The lowest BCUT2D eigenvalue weighted by molar-refractivity contribution is 0.243. The van der Waals surface area contributed by atoms with Gasteiger partial charge in [0.15, 0.2) is 0 Å². The minimum absolute atomic E-state index is 0.326. The maximum Gasteiger partial charge on any atom is 0.240 e. The first-order valence-corrected chi connectivity index (χ1v) is 14.8. The number of fused-ring (bicyclic) bond motifs is 1. The van der Waals surface area contributed by atoms with Crippen LogP contribution in [0.25, 0.3) is 21.2 Å². The molecule has 2 aliphatic rings. The fourth-order valence-corrected chi connectivity index (χ4v) is 7.07. The van der Waals surface area contributed by atoms with E-state index in [9.17, 15) is 8.42 Å². The first-order valence-electron chi connectivity index (χ1n) is 12.5. The highest BCUT2D eigenvalue weighted by atomic mass is 32.2. The third-order valence-corrected chi connectivity index (χ3v) is 9.62. The summed E-state index contributed by atoms with van der Waals surface area (Å²) in [5.41, 5.74) is 1.92. The van der Waals surface area contributed by atoms with Gasteiger partial charge in [0.25, 0.3) is 0 Å². The number of sulfonamides is 1. The minimum atomic E-state index is -3.53. The van der Waals surface area contributed by atoms with E-state index < -0.39 is 10.0 Å². The molecule has 186 valence electrons. The van der Waals surface area contributed by atoms with Crippen molar-refractivity contribution in [3.05, 3.63) is 78.9 Å². The molecule has 2 heterocycles. The smallest absolute Gasteiger partial charge is 0.240 e. The van der Waals surface area contributed by atoms with Crippen molar-refractivity contribution < 1.29 is 8.42 Å². The molecule has 1 aliphatic carbocycles. The Morgan fingerprint density at radius 2 is 1.61 bits per heavy atom. The molecule has 4 aromatic rings. The predicted octanol–water partition coefficient (Wildman–Crippen LogP) is 4.70. The summed E-state index contributed by atoms with van der Waals surface area (Å²) >= 11 is 1.57. The molecule has 0 radical (unpaired) electrons. The van der Waals surface area contributed by atoms with E-state index >= 15 is 0 Å². The molecule has 0 amide bonds. The molecule has 6 rings (SSSR count). The lowest BCUT2D eigenvalue weighted by Gasteiger charge is -2.35. The minimum Gasteiger partial charge on any atom is -0.353 e. The van der Waals surface area contributed by atoms with Gasteiger partial charge in [-0.3, -0.25) is 4.90 Å². The van der Waals surface area contributed by atoms with Crippen LogP contribution in [0.1, 0.15) is 6.42 Å². The maximum atomic E-state index is 13.0. The van der Waals surface area contributed by atoms with E-state index in [1.165, 1.54) is 10.1 Å². The van der Waals surface area contributed by atoms with Gasteiger partial charge in [0.05, 0.1) is 9.60 Å². The van der Waals surface area contributed by atoms with Crippen LogP contribution in [0.4, 0.5) is 5.82 Å². The Bertz CT molecular complexity index is 1450. The molecule has 1 aliphatic heterocycles. The van der Waals surface area contributed by atoms with Crippen LogP contribution >= 0.6 is 11.5 Å². The average molecular weight is 519 g/mol. The second kappa shape index (κ2) is 9.94. The fourth-order valence-electron chi connectivity index (χ4n) is 5.13. The molecule has 0 unspecified atom stereocenters. The lowest BCUT2D eigenvalue weighted by atomic mass is 10.1. The quantitative estimate of drug-likeness (QED) is 0.366. The molecule has 36 heavy (non-hydrogen) atoms. The molecule has 3 aromatic carbocycles. The van der Waals surface area contributed by atoms with Crippen LogP contribution in [0.2, 0.25) is 0 Å². The fraction of sp³-hybridized carbons (Fsp3) is 0.321. The molecular weight excluding hydrogens is 488 g/mol. The number of benzene rings is 3. The van der Waals surface area contributed by atoms with Crippen molar-refractivity contribution in [2.45, 2.75) is 11.3 Å². The molecule has 1 saturated carbocycles. The van der Waals surface area contributed by atoms with Crippen molar-refractivity contribution in [1.29, 1.82) is 0 Å². The summed E-state index contributed by atoms with van der Waals surface area (Å²) in [6, 6.07) is 25.5. The van der Waals surface area contributed by atoms with Gasteiger partial charge in [-0.2, -0.15) is 4.37 Å². The van der Waals surface area contributed by atoms with Gasteiger partial charge in [-0.25, -0.2) is 13.1 Å². The predicted molar refractivity (Wildman–Crippen MR) is 147 cm³/mol. The average Bonchev–Trinajstić information content (AvgIpc) is 3.52. The summed E-state index contributed by atoms with van der Waals surface area (Å²) in [6.07, 6.45) is 1.09. The summed E-state index contributed by atoms with van der Waals surface area (Å²) in [6.45, 7) is 5.56. The normalized spacial score (nSPS) is 20.6. The van der Waals surface area contributed by atoms with Gasteiger partial charge in [-0.15, -0.1) is 0 Å². The molecule has 0 spiro atoms. The summed E-state index contributed by atoms with van der Waals surface area (Å²) in [5.74, 6) is 2.10. The monoisotopic (exact) mass is 518 g/mol. The van der Waals surface area contributed by atoms with Gasteiger partial charge in [0, 0.05) is 44.7 Å². The molecule has 2 atom stereocenters. The van der Waals surface area contributed by atoms with Crippen LogP contribution in [0.5, 0.6) is 0 Å². The molecule has 1 N–H and O–H groups in total. The molecule has 1 saturated heterocycles. The summed E-state index contributed by atoms with van der Waals surface area (Å²) < 4.78 is 34.7. The Hall–Kier alpha value is -2.78.